The molecule has 20 heavy (non-hydrogen) atoms. The van der Waals surface area contributed by atoms with Crippen LogP contribution in [0.4, 0.5) is 5.69 Å². The zero-order valence-corrected chi connectivity index (χ0v) is 12.9. The number of nitrogens with zero attached hydrogens (tertiary/aromatic N) is 2. The van der Waals surface area contributed by atoms with E-state index in [0.717, 1.165) is 19.0 Å². The standard InChI is InChI=1S/C17H27N3/c1-14-4-3-5-15(2)17(14)20-9-6-16(13-20)12-19-10-7-18-8-11-19/h3-5,16,18H,6-13H2,1-2H3. The molecular formula is C17H27N3. The minimum Gasteiger partial charge on any atom is -0.371 e. The number of hydrogen-bond acceptors (Lipinski definition) is 3. The highest BCUT2D eigenvalue weighted by Gasteiger charge is 2.26. The Kier molecular flexibility index (Phi) is 4.27. The fourth-order valence-electron chi connectivity index (χ4n) is 3.75. The first-order valence-corrected chi connectivity index (χ1v) is 7.98. The van der Waals surface area contributed by atoms with Gasteiger partial charge >= 0.3 is 0 Å². The molecule has 2 fully saturated rings. The molecule has 2 saturated heterocycles. The van der Waals surface area contributed by atoms with Crippen molar-refractivity contribution in [3.05, 3.63) is 29.3 Å². The van der Waals surface area contributed by atoms with E-state index in [9.17, 15) is 0 Å². The lowest BCUT2D eigenvalue weighted by Gasteiger charge is -2.30. The van der Waals surface area contributed by atoms with E-state index >= 15 is 0 Å². The molecular weight excluding hydrogens is 246 g/mol. The lowest BCUT2D eigenvalue weighted by molar-refractivity contribution is 0.212. The molecule has 3 rings (SSSR count). The molecule has 1 atom stereocenters. The summed E-state index contributed by atoms with van der Waals surface area (Å²) in [4.78, 5) is 5.24. The SMILES string of the molecule is Cc1cccc(C)c1N1CCC(CN2CCNCC2)C1. The van der Waals surface area contributed by atoms with Gasteiger partial charge < -0.3 is 15.1 Å². The van der Waals surface area contributed by atoms with Gasteiger partial charge in [-0.1, -0.05) is 18.2 Å². The molecule has 3 heteroatoms. The largest absolute Gasteiger partial charge is 0.371 e. The molecule has 1 aromatic rings. The number of para-hydroxylation sites is 1. The Balaban J connectivity index is 1.61. The van der Waals surface area contributed by atoms with E-state index in [1.54, 1.807) is 0 Å². The number of piperazine rings is 1. The van der Waals surface area contributed by atoms with E-state index < -0.39 is 0 Å². The molecule has 2 aliphatic rings. The predicted molar refractivity (Wildman–Crippen MR) is 85.5 cm³/mol. The number of benzene rings is 1. The predicted octanol–water partition coefficient (Wildman–Crippen LogP) is 2.03. The minimum atomic E-state index is 0.840. The molecule has 0 aromatic heterocycles. The smallest absolute Gasteiger partial charge is 0.0425 e. The molecule has 2 heterocycles. The second-order valence-electron chi connectivity index (χ2n) is 6.39. The number of anilines is 1. The van der Waals surface area contributed by atoms with Crippen LogP contribution in [0.3, 0.4) is 0 Å². The average Bonchev–Trinajstić information content (AvgIpc) is 2.88. The van der Waals surface area contributed by atoms with E-state index in [0.29, 0.717) is 0 Å². The fraction of sp³-hybridized carbons (Fsp3) is 0.647. The van der Waals surface area contributed by atoms with Crippen LogP contribution in [0.15, 0.2) is 18.2 Å². The summed E-state index contributed by atoms with van der Waals surface area (Å²) < 4.78 is 0. The van der Waals surface area contributed by atoms with Gasteiger partial charge in [0.25, 0.3) is 0 Å². The number of rotatable bonds is 3. The molecule has 110 valence electrons. The van der Waals surface area contributed by atoms with Crippen molar-refractivity contribution in [1.82, 2.24) is 10.2 Å². The summed E-state index contributed by atoms with van der Waals surface area (Å²) in [6.45, 7) is 13.0. The van der Waals surface area contributed by atoms with Gasteiger partial charge in [-0.3, -0.25) is 0 Å². The highest BCUT2D eigenvalue weighted by Crippen LogP contribution is 2.30. The van der Waals surface area contributed by atoms with Crippen molar-refractivity contribution in [3.8, 4) is 0 Å². The number of nitrogens with one attached hydrogen (secondary N) is 1. The van der Waals surface area contributed by atoms with Gasteiger partial charge in [0.05, 0.1) is 0 Å². The molecule has 0 spiro atoms. The maximum absolute atomic E-state index is 3.44. The Morgan fingerprint density at radius 1 is 1.10 bits per heavy atom. The highest BCUT2D eigenvalue weighted by molar-refractivity contribution is 5.59. The van der Waals surface area contributed by atoms with E-state index in [1.807, 2.05) is 0 Å². The van der Waals surface area contributed by atoms with Crippen LogP contribution in [0.25, 0.3) is 0 Å². The molecule has 0 aliphatic carbocycles. The molecule has 0 radical (unpaired) electrons. The minimum absolute atomic E-state index is 0.840. The second kappa shape index (κ2) is 6.15. The summed E-state index contributed by atoms with van der Waals surface area (Å²) in [7, 11) is 0. The topological polar surface area (TPSA) is 18.5 Å². The van der Waals surface area contributed by atoms with Crippen molar-refractivity contribution in [2.75, 3.05) is 50.7 Å². The van der Waals surface area contributed by atoms with Crippen LogP contribution < -0.4 is 10.2 Å². The monoisotopic (exact) mass is 273 g/mol. The highest BCUT2D eigenvalue weighted by atomic mass is 15.2. The normalized spacial score (nSPS) is 24.3. The second-order valence-corrected chi connectivity index (χ2v) is 6.39. The Morgan fingerprint density at radius 3 is 2.50 bits per heavy atom. The third-order valence-electron chi connectivity index (χ3n) is 4.77. The molecule has 2 aliphatic heterocycles. The van der Waals surface area contributed by atoms with Gasteiger partial charge in [-0.2, -0.15) is 0 Å². The van der Waals surface area contributed by atoms with Crippen molar-refractivity contribution < 1.29 is 0 Å². The average molecular weight is 273 g/mol. The molecule has 3 nitrogen and oxygen atoms in total. The van der Waals surface area contributed by atoms with Crippen LogP contribution in [-0.4, -0.2) is 50.7 Å². The quantitative estimate of drug-likeness (QED) is 0.909. The first-order valence-electron chi connectivity index (χ1n) is 7.98. The van der Waals surface area contributed by atoms with Gasteiger partial charge in [0.15, 0.2) is 0 Å². The van der Waals surface area contributed by atoms with Crippen LogP contribution in [0.1, 0.15) is 17.5 Å². The van der Waals surface area contributed by atoms with Crippen molar-refractivity contribution in [2.24, 2.45) is 5.92 Å². The molecule has 0 saturated carbocycles. The maximum Gasteiger partial charge on any atom is 0.0425 e. The van der Waals surface area contributed by atoms with Crippen molar-refractivity contribution in [1.29, 1.82) is 0 Å². The zero-order valence-electron chi connectivity index (χ0n) is 12.9. The van der Waals surface area contributed by atoms with Gasteiger partial charge in [-0.25, -0.2) is 0 Å². The van der Waals surface area contributed by atoms with E-state index in [2.05, 4.69) is 47.2 Å². The molecule has 0 bridgehead atoms. The summed E-state index contributed by atoms with van der Waals surface area (Å²) in [5.41, 5.74) is 4.33. The summed E-state index contributed by atoms with van der Waals surface area (Å²) in [5, 5.41) is 3.44. The van der Waals surface area contributed by atoms with Gasteiger partial charge in [0.2, 0.25) is 0 Å². The zero-order chi connectivity index (χ0) is 13.9. The van der Waals surface area contributed by atoms with Gasteiger partial charge in [0, 0.05) is 51.5 Å². The third-order valence-corrected chi connectivity index (χ3v) is 4.77. The van der Waals surface area contributed by atoms with Crippen LogP contribution >= 0.6 is 0 Å². The summed E-state index contributed by atoms with van der Waals surface area (Å²) in [5.74, 6) is 0.840. The lowest BCUT2D eigenvalue weighted by atomic mass is 10.1. The van der Waals surface area contributed by atoms with E-state index in [-0.39, 0.29) is 0 Å². The first-order chi connectivity index (χ1) is 9.74. The Morgan fingerprint density at radius 2 is 1.80 bits per heavy atom. The Hall–Kier alpha value is -1.06. The Labute approximate surface area is 123 Å². The van der Waals surface area contributed by atoms with Crippen LogP contribution in [0.2, 0.25) is 0 Å². The van der Waals surface area contributed by atoms with Crippen LogP contribution in [0, 0.1) is 19.8 Å². The van der Waals surface area contributed by atoms with Gasteiger partial charge in [0.1, 0.15) is 0 Å². The third kappa shape index (κ3) is 2.99. The van der Waals surface area contributed by atoms with Crippen LogP contribution in [-0.2, 0) is 0 Å². The number of hydrogen-bond donors (Lipinski definition) is 1. The summed E-state index contributed by atoms with van der Waals surface area (Å²) in [6, 6.07) is 6.65. The van der Waals surface area contributed by atoms with Crippen molar-refractivity contribution in [3.63, 3.8) is 0 Å². The lowest BCUT2D eigenvalue weighted by Crippen LogP contribution is -2.45. The first kappa shape index (κ1) is 13.9. The van der Waals surface area contributed by atoms with Crippen molar-refractivity contribution >= 4 is 5.69 Å². The summed E-state index contributed by atoms with van der Waals surface area (Å²) >= 11 is 0. The molecule has 0 amide bonds. The molecule has 1 aromatic carbocycles. The fourth-order valence-corrected chi connectivity index (χ4v) is 3.75. The Bertz CT molecular complexity index is 431. The molecule has 1 unspecified atom stereocenters. The van der Waals surface area contributed by atoms with Crippen LogP contribution in [0.5, 0.6) is 0 Å². The van der Waals surface area contributed by atoms with Crippen molar-refractivity contribution in [2.45, 2.75) is 20.3 Å². The molecule has 1 N–H and O–H groups in total. The van der Waals surface area contributed by atoms with Gasteiger partial charge in [-0.15, -0.1) is 0 Å². The van der Waals surface area contributed by atoms with E-state index in [4.69, 9.17) is 0 Å². The van der Waals surface area contributed by atoms with Gasteiger partial charge in [-0.05, 0) is 37.3 Å². The maximum atomic E-state index is 3.44. The number of aryl methyl sites for hydroxylation is 2. The van der Waals surface area contributed by atoms with E-state index in [1.165, 1.54) is 56.0 Å². The summed E-state index contributed by atoms with van der Waals surface area (Å²) in [6.07, 6.45) is 1.34.